The summed E-state index contributed by atoms with van der Waals surface area (Å²) in [6, 6.07) is 10.3. The van der Waals surface area contributed by atoms with Crippen LogP contribution in [0.1, 0.15) is 45.6 Å². The van der Waals surface area contributed by atoms with Gasteiger partial charge in [0.2, 0.25) is 0 Å². The van der Waals surface area contributed by atoms with Crippen LogP contribution < -0.4 is 10.6 Å². The normalized spacial score (nSPS) is 12.6. The van der Waals surface area contributed by atoms with Crippen LogP contribution in [0.2, 0.25) is 0 Å². The van der Waals surface area contributed by atoms with Gasteiger partial charge >= 0.3 is 0 Å². The molecule has 0 amide bonds. The highest BCUT2D eigenvalue weighted by molar-refractivity contribution is 14.0. The van der Waals surface area contributed by atoms with Gasteiger partial charge in [-0.2, -0.15) is 0 Å². The van der Waals surface area contributed by atoms with Crippen LogP contribution in [0, 0.1) is 5.92 Å². The Bertz CT molecular complexity index is 484. The number of nitrogens with one attached hydrogen (secondary N) is 2. The first-order chi connectivity index (χ1) is 12.7. The fourth-order valence-electron chi connectivity index (χ4n) is 2.68. The van der Waals surface area contributed by atoms with Gasteiger partial charge in [-0.1, -0.05) is 44.2 Å². The molecule has 0 spiro atoms. The van der Waals surface area contributed by atoms with Crippen molar-refractivity contribution in [3.63, 3.8) is 0 Å². The summed E-state index contributed by atoms with van der Waals surface area (Å²) < 4.78 is 11.5. The van der Waals surface area contributed by atoms with Crippen LogP contribution >= 0.6 is 24.0 Å². The molecule has 0 aliphatic rings. The van der Waals surface area contributed by atoms with Gasteiger partial charge in [0.15, 0.2) is 5.96 Å². The Balaban J connectivity index is 0.00000676. The van der Waals surface area contributed by atoms with E-state index in [1.165, 1.54) is 5.56 Å². The Labute approximate surface area is 182 Å². The largest absolute Gasteiger partial charge is 0.378 e. The molecule has 1 aromatic carbocycles. The first-order valence-electron chi connectivity index (χ1n) is 9.85. The van der Waals surface area contributed by atoms with E-state index in [1.807, 2.05) is 25.1 Å². The number of halogens is 1. The predicted octanol–water partition coefficient (Wildman–Crippen LogP) is 4.22. The van der Waals surface area contributed by atoms with E-state index < -0.39 is 0 Å². The van der Waals surface area contributed by atoms with Crippen LogP contribution in [-0.4, -0.2) is 45.4 Å². The summed E-state index contributed by atoms with van der Waals surface area (Å²) in [6.45, 7) is 10.5. The Morgan fingerprint density at radius 1 is 1.07 bits per heavy atom. The number of hydrogen-bond acceptors (Lipinski definition) is 3. The molecule has 0 heterocycles. The minimum Gasteiger partial charge on any atom is -0.378 e. The first kappa shape index (κ1) is 26.1. The maximum Gasteiger partial charge on any atom is 0.190 e. The van der Waals surface area contributed by atoms with Crippen molar-refractivity contribution in [3.05, 3.63) is 35.9 Å². The Hall–Kier alpha value is -0.860. The molecule has 1 aromatic rings. The quantitative estimate of drug-likeness (QED) is 0.188. The maximum absolute atomic E-state index is 5.77. The van der Waals surface area contributed by atoms with E-state index >= 15 is 0 Å². The summed E-state index contributed by atoms with van der Waals surface area (Å²) in [5.74, 6) is 1.39. The van der Waals surface area contributed by atoms with Crippen LogP contribution in [-0.2, 0) is 16.1 Å². The highest BCUT2D eigenvalue weighted by Gasteiger charge is 2.12. The molecule has 1 rings (SSSR count). The molecule has 5 nitrogen and oxygen atoms in total. The minimum absolute atomic E-state index is 0. The van der Waals surface area contributed by atoms with E-state index in [4.69, 9.17) is 9.47 Å². The number of hydrogen-bond donors (Lipinski definition) is 2. The van der Waals surface area contributed by atoms with Gasteiger partial charge in [0.1, 0.15) is 0 Å². The van der Waals surface area contributed by atoms with Crippen molar-refractivity contribution in [2.75, 3.05) is 33.4 Å². The number of unbranched alkanes of at least 4 members (excludes halogenated alkanes) is 1. The zero-order chi connectivity index (χ0) is 19.0. The Morgan fingerprint density at radius 3 is 2.41 bits per heavy atom. The number of benzene rings is 1. The molecule has 2 N–H and O–H groups in total. The second kappa shape index (κ2) is 17.3. The summed E-state index contributed by atoms with van der Waals surface area (Å²) in [6.07, 6.45) is 3.38. The predicted molar refractivity (Wildman–Crippen MR) is 125 cm³/mol. The van der Waals surface area contributed by atoms with Crippen LogP contribution in [0.25, 0.3) is 0 Å². The third-order valence-electron chi connectivity index (χ3n) is 4.19. The van der Waals surface area contributed by atoms with Gasteiger partial charge < -0.3 is 20.1 Å². The van der Waals surface area contributed by atoms with Crippen molar-refractivity contribution in [3.8, 4) is 0 Å². The van der Waals surface area contributed by atoms with Crippen LogP contribution in [0.4, 0.5) is 0 Å². The average Bonchev–Trinajstić information content (AvgIpc) is 2.65. The monoisotopic (exact) mass is 491 g/mol. The second-order valence-electron chi connectivity index (χ2n) is 6.70. The molecule has 0 saturated carbocycles. The number of nitrogens with zero attached hydrogens (tertiary/aromatic N) is 1. The van der Waals surface area contributed by atoms with Crippen molar-refractivity contribution in [2.24, 2.45) is 10.9 Å². The Kier molecular flexibility index (Phi) is 16.7. The zero-order valence-corrected chi connectivity index (χ0v) is 19.7. The molecule has 27 heavy (non-hydrogen) atoms. The van der Waals surface area contributed by atoms with E-state index in [1.54, 1.807) is 7.05 Å². The Morgan fingerprint density at radius 2 is 1.78 bits per heavy atom. The van der Waals surface area contributed by atoms with E-state index in [2.05, 4.69) is 41.6 Å². The van der Waals surface area contributed by atoms with Gasteiger partial charge in [0.25, 0.3) is 0 Å². The standard InChI is InChI=1S/C21H37N3O2.HI/c1-5-26-20(18(2)3)13-15-24-21(22-4)23-14-9-10-16-25-17-19-11-7-6-8-12-19;/h6-8,11-12,18,20H,5,9-10,13-17H2,1-4H3,(H2,22,23,24);1H. The molecular formula is C21H38IN3O2. The molecule has 0 aliphatic heterocycles. The zero-order valence-electron chi connectivity index (χ0n) is 17.4. The molecule has 0 saturated heterocycles. The van der Waals surface area contributed by atoms with Crippen molar-refractivity contribution in [2.45, 2.75) is 52.7 Å². The van der Waals surface area contributed by atoms with Crippen molar-refractivity contribution in [1.29, 1.82) is 0 Å². The average molecular weight is 491 g/mol. The molecule has 6 heteroatoms. The molecule has 0 fully saturated rings. The smallest absolute Gasteiger partial charge is 0.190 e. The molecule has 0 aliphatic carbocycles. The van der Waals surface area contributed by atoms with E-state index in [9.17, 15) is 0 Å². The fourth-order valence-corrected chi connectivity index (χ4v) is 2.68. The highest BCUT2D eigenvalue weighted by Crippen LogP contribution is 2.09. The van der Waals surface area contributed by atoms with Gasteiger partial charge in [-0.3, -0.25) is 4.99 Å². The first-order valence-corrected chi connectivity index (χ1v) is 9.85. The summed E-state index contributed by atoms with van der Waals surface area (Å²) in [5, 5.41) is 6.72. The SMILES string of the molecule is CCOC(CCNC(=NC)NCCCCOCc1ccccc1)C(C)C.I. The molecular weight excluding hydrogens is 453 g/mol. The van der Waals surface area contributed by atoms with Gasteiger partial charge in [0.05, 0.1) is 12.7 Å². The lowest BCUT2D eigenvalue weighted by molar-refractivity contribution is 0.0258. The van der Waals surface area contributed by atoms with Crippen molar-refractivity contribution in [1.82, 2.24) is 10.6 Å². The summed E-state index contributed by atoms with van der Waals surface area (Å²) in [4.78, 5) is 4.27. The molecule has 1 unspecified atom stereocenters. The van der Waals surface area contributed by atoms with Gasteiger partial charge in [-0.25, -0.2) is 0 Å². The van der Waals surface area contributed by atoms with Crippen LogP contribution in [0.15, 0.2) is 35.3 Å². The second-order valence-corrected chi connectivity index (χ2v) is 6.70. The van der Waals surface area contributed by atoms with Crippen molar-refractivity contribution < 1.29 is 9.47 Å². The number of aliphatic imine (C=N–C) groups is 1. The molecule has 1 atom stereocenters. The van der Waals surface area contributed by atoms with E-state index in [-0.39, 0.29) is 24.0 Å². The topological polar surface area (TPSA) is 54.9 Å². The number of ether oxygens (including phenoxy) is 2. The minimum atomic E-state index is 0. The van der Waals surface area contributed by atoms with Crippen LogP contribution in [0.3, 0.4) is 0 Å². The third kappa shape index (κ3) is 13.0. The van der Waals surface area contributed by atoms with Gasteiger partial charge in [-0.15, -0.1) is 24.0 Å². The lowest BCUT2D eigenvalue weighted by Gasteiger charge is -2.21. The highest BCUT2D eigenvalue weighted by atomic mass is 127. The van der Waals surface area contributed by atoms with Gasteiger partial charge in [0, 0.05) is 33.4 Å². The van der Waals surface area contributed by atoms with E-state index in [0.717, 1.165) is 51.5 Å². The van der Waals surface area contributed by atoms with E-state index in [0.29, 0.717) is 18.6 Å². The van der Waals surface area contributed by atoms with Crippen molar-refractivity contribution >= 4 is 29.9 Å². The molecule has 0 radical (unpaired) electrons. The molecule has 156 valence electrons. The maximum atomic E-state index is 5.77. The molecule has 0 aromatic heterocycles. The van der Waals surface area contributed by atoms with Crippen LogP contribution in [0.5, 0.6) is 0 Å². The molecule has 0 bridgehead atoms. The number of guanidine groups is 1. The summed E-state index contributed by atoms with van der Waals surface area (Å²) >= 11 is 0. The third-order valence-corrected chi connectivity index (χ3v) is 4.19. The lowest BCUT2D eigenvalue weighted by atomic mass is 10.0. The fraction of sp³-hybridized carbons (Fsp3) is 0.667. The lowest BCUT2D eigenvalue weighted by Crippen LogP contribution is -2.39. The number of rotatable bonds is 13. The summed E-state index contributed by atoms with van der Waals surface area (Å²) in [7, 11) is 1.81. The summed E-state index contributed by atoms with van der Waals surface area (Å²) in [5.41, 5.74) is 1.22. The van der Waals surface area contributed by atoms with Gasteiger partial charge in [-0.05, 0) is 37.7 Å².